The fraction of sp³-hybridized carbons (Fsp3) is 0.600. The number of aromatic hydroxyl groups is 1. The molecule has 4 rings (SSSR count). The van der Waals surface area contributed by atoms with Gasteiger partial charge in [0.15, 0.2) is 0 Å². The van der Waals surface area contributed by atoms with Crippen molar-refractivity contribution in [3.63, 3.8) is 0 Å². The third kappa shape index (κ3) is 8.84. The van der Waals surface area contributed by atoms with Crippen LogP contribution in [0.25, 0.3) is 6.08 Å². The van der Waals surface area contributed by atoms with Crippen molar-refractivity contribution < 1.29 is 39.9 Å². The standard InChI is InChI=1S/C40H58N2O8/c1-9-41-14-16-42(17-15-41)38(49)40(7,8)22-33(45)39(5,6)13-12-26-10-11-27(25(4)18-26)19-28-20-30(31(44)21-29(28)24(2)3)37-36(48)35(47)34(46)32(23-43)50-37/h10-13,18,20-21,24,32,34-37,43-44,46-48H,9,14-17,19,22-23H2,1-8H3/b13-12+/t32-,34+,35+,36+,37+/m1/s1. The van der Waals surface area contributed by atoms with Crippen molar-refractivity contribution in [3.05, 3.63) is 69.8 Å². The minimum Gasteiger partial charge on any atom is -0.508 e. The molecule has 276 valence electrons. The molecule has 2 aromatic carbocycles. The number of ketones is 1. The summed E-state index contributed by atoms with van der Waals surface area (Å²) in [6.07, 6.45) is -2.25. The zero-order valence-electron chi connectivity index (χ0n) is 31.0. The summed E-state index contributed by atoms with van der Waals surface area (Å²) in [7, 11) is 0. The molecule has 2 fully saturated rings. The Morgan fingerprint density at radius 1 is 0.960 bits per heavy atom. The van der Waals surface area contributed by atoms with Crippen LogP contribution < -0.4 is 0 Å². The molecule has 0 aliphatic carbocycles. The zero-order valence-corrected chi connectivity index (χ0v) is 31.0. The van der Waals surface area contributed by atoms with Crippen LogP contribution in [-0.2, 0) is 20.7 Å². The molecule has 0 aromatic heterocycles. The highest BCUT2D eigenvalue weighted by Crippen LogP contribution is 2.40. The van der Waals surface area contributed by atoms with E-state index in [-0.39, 0.29) is 35.3 Å². The van der Waals surface area contributed by atoms with E-state index in [1.807, 2.05) is 77.7 Å². The summed E-state index contributed by atoms with van der Waals surface area (Å²) in [5, 5.41) is 52.0. The van der Waals surface area contributed by atoms with Crippen molar-refractivity contribution in [2.45, 2.75) is 105 Å². The molecule has 0 radical (unpaired) electrons. The highest BCUT2D eigenvalue weighted by molar-refractivity contribution is 5.93. The lowest BCUT2D eigenvalue weighted by atomic mass is 9.76. The lowest BCUT2D eigenvalue weighted by Gasteiger charge is -2.40. The second-order valence-electron chi connectivity index (χ2n) is 15.6. The number of nitrogens with zero attached hydrogens (tertiary/aromatic N) is 2. The summed E-state index contributed by atoms with van der Waals surface area (Å²) in [4.78, 5) is 31.1. The molecule has 2 saturated heterocycles. The van der Waals surface area contributed by atoms with Crippen molar-refractivity contribution in [1.29, 1.82) is 0 Å². The number of aliphatic hydroxyl groups is 4. The average molecular weight is 695 g/mol. The monoisotopic (exact) mass is 694 g/mol. The molecule has 0 bridgehead atoms. The number of aryl methyl sites for hydroxylation is 1. The molecular formula is C40H58N2O8. The van der Waals surface area contributed by atoms with Crippen LogP contribution in [-0.4, -0.2) is 111 Å². The number of carbonyl (C=O) groups excluding carboxylic acids is 2. The largest absolute Gasteiger partial charge is 0.508 e. The van der Waals surface area contributed by atoms with Crippen molar-refractivity contribution in [3.8, 4) is 5.75 Å². The molecule has 10 nitrogen and oxygen atoms in total. The fourth-order valence-corrected chi connectivity index (χ4v) is 6.97. The number of likely N-dealkylation sites (N-methyl/N-ethyl adjacent to an activating group) is 1. The molecule has 5 N–H and O–H groups in total. The number of phenolic OH excluding ortho intramolecular Hbond substituents is 1. The number of phenols is 1. The highest BCUT2D eigenvalue weighted by Gasteiger charge is 2.45. The second kappa shape index (κ2) is 16.0. The normalized spacial score (nSPS) is 23.9. The summed E-state index contributed by atoms with van der Waals surface area (Å²) >= 11 is 0. The van der Waals surface area contributed by atoms with E-state index in [1.54, 1.807) is 12.1 Å². The van der Waals surface area contributed by atoms with Crippen molar-refractivity contribution in [2.24, 2.45) is 10.8 Å². The molecule has 0 unspecified atom stereocenters. The Labute approximate surface area is 297 Å². The van der Waals surface area contributed by atoms with Gasteiger partial charge in [0.2, 0.25) is 5.91 Å². The predicted molar refractivity (Wildman–Crippen MR) is 194 cm³/mol. The van der Waals surface area contributed by atoms with E-state index in [0.717, 1.165) is 47.5 Å². The molecule has 2 aromatic rings. The Hall–Kier alpha value is -3.12. The molecular weight excluding hydrogens is 636 g/mol. The van der Waals surface area contributed by atoms with Gasteiger partial charge in [-0.25, -0.2) is 0 Å². The number of piperazine rings is 1. The number of hydrogen-bond acceptors (Lipinski definition) is 9. The van der Waals surface area contributed by atoms with Gasteiger partial charge in [0.1, 0.15) is 42.1 Å². The first-order chi connectivity index (χ1) is 23.4. The number of aliphatic hydroxyl groups excluding tert-OH is 4. The van der Waals surface area contributed by atoms with E-state index in [9.17, 15) is 35.1 Å². The Bertz CT molecular complexity index is 1540. The van der Waals surface area contributed by atoms with E-state index in [4.69, 9.17) is 4.74 Å². The van der Waals surface area contributed by atoms with Gasteiger partial charge in [-0.3, -0.25) is 9.59 Å². The second-order valence-corrected chi connectivity index (χ2v) is 15.6. The van der Waals surface area contributed by atoms with E-state index >= 15 is 0 Å². The summed E-state index contributed by atoms with van der Waals surface area (Å²) in [5.74, 6) is 0.0193. The van der Waals surface area contributed by atoms with Crippen LogP contribution in [0.3, 0.4) is 0 Å². The Balaban J connectivity index is 1.49. The zero-order chi connectivity index (χ0) is 37.1. The third-order valence-electron chi connectivity index (χ3n) is 10.6. The maximum Gasteiger partial charge on any atom is 0.228 e. The van der Waals surface area contributed by atoms with Gasteiger partial charge >= 0.3 is 0 Å². The molecule has 2 heterocycles. The van der Waals surface area contributed by atoms with Crippen LogP contribution in [0, 0.1) is 17.8 Å². The smallest absolute Gasteiger partial charge is 0.228 e. The van der Waals surface area contributed by atoms with E-state index in [2.05, 4.69) is 17.9 Å². The first-order valence-corrected chi connectivity index (χ1v) is 17.9. The molecule has 5 atom stereocenters. The van der Waals surface area contributed by atoms with E-state index < -0.39 is 48.0 Å². The number of benzene rings is 2. The maximum atomic E-state index is 13.5. The van der Waals surface area contributed by atoms with Gasteiger partial charge in [0.25, 0.3) is 0 Å². The molecule has 0 spiro atoms. The van der Waals surface area contributed by atoms with Gasteiger partial charge in [-0.05, 0) is 79.6 Å². The lowest BCUT2D eigenvalue weighted by Crippen LogP contribution is -2.55. The third-order valence-corrected chi connectivity index (χ3v) is 10.6. The Morgan fingerprint density at radius 2 is 1.62 bits per heavy atom. The van der Waals surface area contributed by atoms with Gasteiger partial charge in [-0.1, -0.05) is 65.0 Å². The first kappa shape index (κ1) is 39.7. The van der Waals surface area contributed by atoms with Crippen LogP contribution in [0.4, 0.5) is 0 Å². The van der Waals surface area contributed by atoms with Crippen LogP contribution in [0.15, 0.2) is 36.4 Å². The van der Waals surface area contributed by atoms with Gasteiger partial charge in [0, 0.05) is 43.6 Å². The number of allylic oxidation sites excluding steroid dienone is 1. The average Bonchev–Trinajstić information content (AvgIpc) is 3.07. The van der Waals surface area contributed by atoms with Crippen molar-refractivity contribution in [2.75, 3.05) is 39.3 Å². The Morgan fingerprint density at radius 3 is 2.20 bits per heavy atom. The number of ether oxygens (including phenoxy) is 1. The van der Waals surface area contributed by atoms with Crippen LogP contribution in [0.5, 0.6) is 5.75 Å². The summed E-state index contributed by atoms with van der Waals surface area (Å²) < 4.78 is 5.76. The minimum absolute atomic E-state index is 0.0105. The molecule has 2 aliphatic rings. The number of amides is 1. The minimum atomic E-state index is -1.55. The molecule has 50 heavy (non-hydrogen) atoms. The van der Waals surface area contributed by atoms with Crippen molar-refractivity contribution in [1.82, 2.24) is 9.80 Å². The highest BCUT2D eigenvalue weighted by atomic mass is 16.5. The van der Waals surface area contributed by atoms with Gasteiger partial charge in [-0.15, -0.1) is 0 Å². The topological polar surface area (TPSA) is 151 Å². The van der Waals surface area contributed by atoms with Crippen LogP contribution in [0.1, 0.15) is 100 Å². The number of Topliss-reactive ketones (excluding diaryl/α,β-unsaturated/α-hetero) is 1. The van der Waals surface area contributed by atoms with E-state index in [1.165, 1.54) is 0 Å². The SMILES string of the molecule is CCN1CCN(C(=O)C(C)(C)CC(=O)C(C)(C)/C=C/c2ccc(Cc3cc([C@@H]4O[C@H](CO)[C@H](O)[C@H](O)[C@@H]4O)c(O)cc3C(C)C)c(C)c2)CC1. The quantitative estimate of drug-likeness (QED) is 0.221. The lowest BCUT2D eigenvalue weighted by molar-refractivity contribution is -0.232. The van der Waals surface area contributed by atoms with Crippen LogP contribution in [0.2, 0.25) is 0 Å². The summed E-state index contributed by atoms with van der Waals surface area (Å²) in [6.45, 7) is 19.2. The Kier molecular flexibility index (Phi) is 12.7. The summed E-state index contributed by atoms with van der Waals surface area (Å²) in [6, 6.07) is 9.52. The summed E-state index contributed by atoms with van der Waals surface area (Å²) in [5.41, 5.74) is 3.55. The molecule has 2 aliphatic heterocycles. The van der Waals surface area contributed by atoms with E-state index in [0.29, 0.717) is 19.5 Å². The van der Waals surface area contributed by atoms with Gasteiger partial charge < -0.3 is 40.1 Å². The van der Waals surface area contributed by atoms with Gasteiger partial charge in [0.05, 0.1) is 12.0 Å². The molecule has 10 heteroatoms. The molecule has 0 saturated carbocycles. The van der Waals surface area contributed by atoms with Gasteiger partial charge in [-0.2, -0.15) is 0 Å². The number of hydrogen-bond donors (Lipinski definition) is 5. The van der Waals surface area contributed by atoms with Crippen molar-refractivity contribution >= 4 is 17.8 Å². The molecule has 1 amide bonds. The number of rotatable bonds is 12. The fourth-order valence-electron chi connectivity index (χ4n) is 6.97. The first-order valence-electron chi connectivity index (χ1n) is 17.9. The maximum absolute atomic E-state index is 13.5. The predicted octanol–water partition coefficient (Wildman–Crippen LogP) is 4.12. The van der Waals surface area contributed by atoms with Crippen LogP contribution >= 0.6 is 0 Å². The number of carbonyl (C=O) groups is 2.